The maximum atomic E-state index is 11.2. The molecular weight excluding hydrogens is 234 g/mol. The Hall–Kier alpha value is -0.660. The Labute approximate surface area is 96.5 Å². The van der Waals surface area contributed by atoms with Gasteiger partial charge in [0.1, 0.15) is 5.25 Å². The van der Waals surface area contributed by atoms with Gasteiger partial charge in [0.05, 0.1) is 40.7 Å². The Bertz CT molecular complexity index is 330. The Morgan fingerprint density at radius 3 is 2.19 bits per heavy atom. The van der Waals surface area contributed by atoms with Crippen LogP contribution in [-0.2, 0) is 19.6 Å². The van der Waals surface area contributed by atoms with Crippen molar-refractivity contribution in [2.75, 3.05) is 34.3 Å². The van der Waals surface area contributed by atoms with E-state index in [9.17, 15) is 13.2 Å². The molecule has 0 saturated heterocycles. The minimum absolute atomic E-state index is 0.150. The van der Waals surface area contributed by atoms with E-state index < -0.39 is 21.3 Å². The standard InChI is InChI=1S/C9H19NO5S/c1-5-15-9(11)6-8(16(12,13)14)7-10(2,3)4/h8H,5-7H2,1-4H3/p+1. The highest BCUT2D eigenvalue weighted by Gasteiger charge is 2.32. The number of quaternary nitrogens is 1. The van der Waals surface area contributed by atoms with E-state index in [1.165, 1.54) is 0 Å². The molecule has 0 amide bonds. The maximum absolute atomic E-state index is 11.2. The van der Waals surface area contributed by atoms with Gasteiger partial charge in [-0.25, -0.2) is 0 Å². The number of esters is 1. The third-order valence-electron chi connectivity index (χ3n) is 1.87. The Balaban J connectivity index is 4.65. The monoisotopic (exact) mass is 254 g/mol. The topological polar surface area (TPSA) is 80.7 Å². The van der Waals surface area contributed by atoms with Gasteiger partial charge < -0.3 is 9.22 Å². The van der Waals surface area contributed by atoms with Gasteiger partial charge in [0.15, 0.2) is 0 Å². The molecule has 0 aromatic carbocycles. The average Bonchev–Trinajstić information content (AvgIpc) is 1.98. The van der Waals surface area contributed by atoms with Crippen LogP contribution in [0.25, 0.3) is 0 Å². The van der Waals surface area contributed by atoms with Crippen molar-refractivity contribution in [1.82, 2.24) is 0 Å². The number of nitrogens with zero attached hydrogens (tertiary/aromatic N) is 1. The lowest BCUT2D eigenvalue weighted by Gasteiger charge is -2.27. The lowest BCUT2D eigenvalue weighted by atomic mass is 10.3. The van der Waals surface area contributed by atoms with Crippen LogP contribution in [0.5, 0.6) is 0 Å². The SMILES string of the molecule is CCOC(=O)CC(C[N+](C)(C)C)S(=O)(=O)O. The number of carbonyl (C=O) groups is 1. The van der Waals surface area contributed by atoms with Crippen LogP contribution in [0.1, 0.15) is 13.3 Å². The van der Waals surface area contributed by atoms with E-state index in [2.05, 4.69) is 4.74 Å². The van der Waals surface area contributed by atoms with Gasteiger partial charge in [-0.1, -0.05) is 0 Å². The molecular formula is C9H20NO5S+. The normalized spacial score (nSPS) is 14.6. The van der Waals surface area contributed by atoms with E-state index in [1.807, 2.05) is 0 Å². The second kappa shape index (κ2) is 5.60. The molecule has 0 spiro atoms. The van der Waals surface area contributed by atoms with E-state index >= 15 is 0 Å². The van der Waals surface area contributed by atoms with E-state index in [0.29, 0.717) is 4.48 Å². The largest absolute Gasteiger partial charge is 0.466 e. The molecule has 0 radical (unpaired) electrons. The van der Waals surface area contributed by atoms with E-state index in [-0.39, 0.29) is 19.6 Å². The molecule has 1 unspecified atom stereocenters. The average molecular weight is 254 g/mol. The van der Waals surface area contributed by atoms with Crippen molar-refractivity contribution < 1.29 is 27.0 Å². The number of hydrogen-bond donors (Lipinski definition) is 1. The fourth-order valence-corrected chi connectivity index (χ4v) is 2.26. The predicted molar refractivity (Wildman–Crippen MR) is 59.5 cm³/mol. The van der Waals surface area contributed by atoms with Crippen LogP contribution in [0.3, 0.4) is 0 Å². The summed E-state index contributed by atoms with van der Waals surface area (Å²) in [6.45, 7) is 1.99. The zero-order valence-corrected chi connectivity index (χ0v) is 11.0. The van der Waals surface area contributed by atoms with Gasteiger partial charge in [0, 0.05) is 0 Å². The molecule has 0 fully saturated rings. The van der Waals surface area contributed by atoms with Crippen LogP contribution >= 0.6 is 0 Å². The maximum Gasteiger partial charge on any atom is 0.307 e. The van der Waals surface area contributed by atoms with Gasteiger partial charge in [0.25, 0.3) is 10.1 Å². The zero-order valence-electron chi connectivity index (χ0n) is 10.1. The van der Waals surface area contributed by atoms with Gasteiger partial charge >= 0.3 is 5.97 Å². The summed E-state index contributed by atoms with van der Waals surface area (Å²) in [5.41, 5.74) is 0. The van der Waals surface area contributed by atoms with Crippen LogP contribution in [0.4, 0.5) is 0 Å². The van der Waals surface area contributed by atoms with Crippen LogP contribution in [0.2, 0.25) is 0 Å². The second-order valence-corrected chi connectivity index (χ2v) is 6.32. The first-order chi connectivity index (χ1) is 7.06. The van der Waals surface area contributed by atoms with Crippen LogP contribution in [0.15, 0.2) is 0 Å². The summed E-state index contributed by atoms with van der Waals surface area (Å²) in [5, 5.41) is -1.12. The lowest BCUT2D eigenvalue weighted by Crippen LogP contribution is -2.45. The highest BCUT2D eigenvalue weighted by Crippen LogP contribution is 2.10. The van der Waals surface area contributed by atoms with Crippen molar-refractivity contribution >= 4 is 16.1 Å². The third kappa shape index (κ3) is 6.76. The summed E-state index contributed by atoms with van der Waals surface area (Å²) in [4.78, 5) is 11.2. The Kier molecular flexibility index (Phi) is 5.37. The lowest BCUT2D eigenvalue weighted by molar-refractivity contribution is -0.869. The molecule has 0 saturated carbocycles. The minimum atomic E-state index is -4.23. The van der Waals surface area contributed by atoms with Crippen molar-refractivity contribution in [1.29, 1.82) is 0 Å². The van der Waals surface area contributed by atoms with E-state index in [1.54, 1.807) is 28.1 Å². The molecule has 16 heavy (non-hydrogen) atoms. The molecule has 96 valence electrons. The molecule has 0 rings (SSSR count). The van der Waals surface area contributed by atoms with E-state index in [0.717, 1.165) is 0 Å². The molecule has 0 aromatic heterocycles. The predicted octanol–water partition coefficient (Wildman–Crippen LogP) is -0.0978. The first-order valence-corrected chi connectivity index (χ1v) is 6.49. The van der Waals surface area contributed by atoms with Gasteiger partial charge in [-0.15, -0.1) is 0 Å². The number of hydrogen-bond acceptors (Lipinski definition) is 4. The van der Waals surface area contributed by atoms with Gasteiger partial charge in [0.2, 0.25) is 0 Å². The fraction of sp³-hybridized carbons (Fsp3) is 0.889. The molecule has 0 heterocycles. The molecule has 6 nitrogen and oxygen atoms in total. The summed E-state index contributed by atoms with van der Waals surface area (Å²) in [6, 6.07) is 0. The minimum Gasteiger partial charge on any atom is -0.466 e. The molecule has 0 aliphatic carbocycles. The van der Waals surface area contributed by atoms with Crippen LogP contribution in [-0.4, -0.2) is 63.0 Å². The smallest absolute Gasteiger partial charge is 0.307 e. The summed E-state index contributed by atoms with van der Waals surface area (Å²) in [6.07, 6.45) is -0.317. The summed E-state index contributed by atoms with van der Waals surface area (Å²) >= 11 is 0. The molecule has 0 bridgehead atoms. The van der Waals surface area contributed by atoms with Gasteiger partial charge in [-0.05, 0) is 6.92 Å². The second-order valence-electron chi connectivity index (χ2n) is 4.62. The van der Waals surface area contributed by atoms with Crippen LogP contribution < -0.4 is 0 Å². The zero-order chi connectivity index (χ0) is 13.0. The third-order valence-corrected chi connectivity index (χ3v) is 3.03. The van der Waals surface area contributed by atoms with Crippen molar-refractivity contribution in [3.05, 3.63) is 0 Å². The summed E-state index contributed by atoms with van der Waals surface area (Å²) in [7, 11) is 1.12. The van der Waals surface area contributed by atoms with E-state index in [4.69, 9.17) is 4.55 Å². The van der Waals surface area contributed by atoms with Crippen molar-refractivity contribution in [2.45, 2.75) is 18.6 Å². The fourth-order valence-electron chi connectivity index (χ4n) is 1.28. The van der Waals surface area contributed by atoms with Crippen molar-refractivity contribution in [3.63, 3.8) is 0 Å². The first kappa shape index (κ1) is 15.3. The number of ether oxygens (including phenoxy) is 1. The van der Waals surface area contributed by atoms with Gasteiger partial charge in [-0.3, -0.25) is 9.35 Å². The molecule has 0 aromatic rings. The molecule has 0 aliphatic rings. The van der Waals surface area contributed by atoms with Crippen molar-refractivity contribution in [2.24, 2.45) is 0 Å². The molecule has 0 aliphatic heterocycles. The molecule has 7 heteroatoms. The highest BCUT2D eigenvalue weighted by atomic mass is 32.2. The Morgan fingerprint density at radius 1 is 1.38 bits per heavy atom. The quantitative estimate of drug-likeness (QED) is 0.407. The molecule has 1 atom stereocenters. The highest BCUT2D eigenvalue weighted by molar-refractivity contribution is 7.86. The number of rotatable bonds is 6. The van der Waals surface area contributed by atoms with Crippen molar-refractivity contribution in [3.8, 4) is 0 Å². The Morgan fingerprint density at radius 2 is 1.88 bits per heavy atom. The summed E-state index contributed by atoms with van der Waals surface area (Å²) in [5.74, 6) is -0.612. The first-order valence-electron chi connectivity index (χ1n) is 4.98. The van der Waals surface area contributed by atoms with Gasteiger partial charge in [-0.2, -0.15) is 8.42 Å². The molecule has 1 N–H and O–H groups in total. The summed E-state index contributed by atoms with van der Waals surface area (Å²) < 4.78 is 36.2. The number of carbonyl (C=O) groups excluding carboxylic acids is 1. The van der Waals surface area contributed by atoms with Crippen LogP contribution in [0, 0.1) is 0 Å².